The normalized spacial score (nSPS) is 11.3. The largest absolute Gasteiger partial charge is 0.313 e. The van der Waals surface area contributed by atoms with Gasteiger partial charge in [0.2, 0.25) is 0 Å². The Balaban J connectivity index is 2.23. The van der Waals surface area contributed by atoms with Crippen molar-refractivity contribution < 1.29 is 8.42 Å². The Hall–Kier alpha value is -1.85. The van der Waals surface area contributed by atoms with Gasteiger partial charge in [0.15, 0.2) is 0 Å². The Labute approximate surface area is 126 Å². The highest BCUT2D eigenvalue weighted by Crippen LogP contribution is 2.18. The lowest BCUT2D eigenvalue weighted by Gasteiger charge is -2.10. The van der Waals surface area contributed by atoms with Crippen LogP contribution in [0.1, 0.15) is 18.1 Å². The topological polar surface area (TPSA) is 58.2 Å². The highest BCUT2D eigenvalue weighted by atomic mass is 32.2. The number of anilines is 1. The quantitative estimate of drug-likeness (QED) is 0.862. The summed E-state index contributed by atoms with van der Waals surface area (Å²) in [4.78, 5) is 0.277. The van der Waals surface area contributed by atoms with Crippen molar-refractivity contribution in [1.82, 2.24) is 5.32 Å². The molecule has 4 nitrogen and oxygen atoms in total. The molecular weight excluding hydrogens is 284 g/mol. The maximum Gasteiger partial charge on any atom is 0.261 e. The van der Waals surface area contributed by atoms with Crippen molar-refractivity contribution in [2.45, 2.75) is 25.3 Å². The molecule has 0 aliphatic heterocycles. The van der Waals surface area contributed by atoms with E-state index in [4.69, 9.17) is 0 Å². The van der Waals surface area contributed by atoms with Gasteiger partial charge in [0.1, 0.15) is 0 Å². The van der Waals surface area contributed by atoms with Gasteiger partial charge in [-0.15, -0.1) is 0 Å². The Bertz CT molecular complexity index is 712. The lowest BCUT2D eigenvalue weighted by molar-refractivity contribution is 0.601. The summed E-state index contributed by atoms with van der Waals surface area (Å²) in [5.41, 5.74) is 2.53. The fourth-order valence-corrected chi connectivity index (χ4v) is 3.13. The van der Waals surface area contributed by atoms with Gasteiger partial charge in [0, 0.05) is 12.2 Å². The summed E-state index contributed by atoms with van der Waals surface area (Å²) in [5, 5.41) is 3.19. The molecule has 21 heavy (non-hydrogen) atoms. The van der Waals surface area contributed by atoms with E-state index in [1.165, 1.54) is 0 Å². The van der Waals surface area contributed by atoms with Crippen LogP contribution in [0.25, 0.3) is 0 Å². The lowest BCUT2D eigenvalue weighted by Crippen LogP contribution is -2.15. The number of nitrogens with one attached hydrogen (secondary N) is 2. The van der Waals surface area contributed by atoms with E-state index in [0.29, 0.717) is 12.2 Å². The Morgan fingerprint density at radius 2 is 1.81 bits per heavy atom. The predicted molar refractivity (Wildman–Crippen MR) is 85.8 cm³/mol. The molecule has 0 heterocycles. The predicted octanol–water partition coefficient (Wildman–Crippen LogP) is 2.91. The molecule has 5 heteroatoms. The van der Waals surface area contributed by atoms with Gasteiger partial charge in [0.05, 0.1) is 4.90 Å². The third kappa shape index (κ3) is 4.31. The molecule has 0 bridgehead atoms. The average molecular weight is 304 g/mol. The van der Waals surface area contributed by atoms with Gasteiger partial charge >= 0.3 is 0 Å². The molecule has 0 unspecified atom stereocenters. The zero-order valence-electron chi connectivity index (χ0n) is 12.3. The molecule has 0 aromatic heterocycles. The van der Waals surface area contributed by atoms with E-state index in [1.807, 2.05) is 32.0 Å². The maximum absolute atomic E-state index is 12.4. The van der Waals surface area contributed by atoms with Gasteiger partial charge < -0.3 is 5.32 Å². The number of aryl methyl sites for hydroxylation is 1. The van der Waals surface area contributed by atoms with Crippen LogP contribution in [0.2, 0.25) is 0 Å². The van der Waals surface area contributed by atoms with Gasteiger partial charge in [-0.1, -0.05) is 31.2 Å². The summed E-state index contributed by atoms with van der Waals surface area (Å²) >= 11 is 0. The van der Waals surface area contributed by atoms with E-state index in [1.54, 1.807) is 30.3 Å². The van der Waals surface area contributed by atoms with Crippen LogP contribution in [0.5, 0.6) is 0 Å². The van der Waals surface area contributed by atoms with Crippen molar-refractivity contribution in [3.8, 4) is 0 Å². The van der Waals surface area contributed by atoms with Crippen molar-refractivity contribution in [2.24, 2.45) is 0 Å². The smallest absolute Gasteiger partial charge is 0.261 e. The van der Waals surface area contributed by atoms with E-state index in [2.05, 4.69) is 10.0 Å². The Kier molecular flexibility index (Phi) is 4.98. The van der Waals surface area contributed by atoms with E-state index < -0.39 is 10.0 Å². The molecule has 112 valence electrons. The van der Waals surface area contributed by atoms with Gasteiger partial charge in [-0.25, -0.2) is 8.42 Å². The van der Waals surface area contributed by atoms with E-state index in [-0.39, 0.29) is 4.90 Å². The first-order valence-corrected chi connectivity index (χ1v) is 8.39. The van der Waals surface area contributed by atoms with Crippen molar-refractivity contribution in [3.05, 3.63) is 59.7 Å². The second kappa shape index (κ2) is 6.74. The molecule has 0 atom stereocenters. The summed E-state index contributed by atoms with van der Waals surface area (Å²) in [6, 6.07) is 14.3. The Morgan fingerprint density at radius 3 is 2.52 bits per heavy atom. The fourth-order valence-electron chi connectivity index (χ4n) is 2.01. The first-order valence-electron chi connectivity index (χ1n) is 6.90. The molecule has 0 aliphatic carbocycles. The molecule has 0 fully saturated rings. The molecular formula is C16H20N2O2S. The molecule has 0 aliphatic rings. The van der Waals surface area contributed by atoms with Crippen LogP contribution in [0, 0.1) is 6.92 Å². The maximum atomic E-state index is 12.4. The van der Waals surface area contributed by atoms with Crippen molar-refractivity contribution in [3.63, 3.8) is 0 Å². The summed E-state index contributed by atoms with van der Waals surface area (Å²) in [6.07, 6.45) is 0. The number of benzene rings is 2. The highest BCUT2D eigenvalue weighted by Gasteiger charge is 2.14. The molecule has 0 amide bonds. The fraction of sp³-hybridized carbons (Fsp3) is 0.250. The third-order valence-electron chi connectivity index (χ3n) is 3.06. The molecule has 2 aromatic carbocycles. The highest BCUT2D eigenvalue weighted by molar-refractivity contribution is 7.92. The summed E-state index contributed by atoms with van der Waals surface area (Å²) < 4.78 is 27.4. The van der Waals surface area contributed by atoms with E-state index >= 15 is 0 Å². The SMILES string of the molecule is CCNCc1cccc(S(=O)(=O)Nc2cccc(C)c2)c1. The summed E-state index contributed by atoms with van der Waals surface area (Å²) in [6.45, 7) is 5.44. The monoisotopic (exact) mass is 304 g/mol. The minimum Gasteiger partial charge on any atom is -0.313 e. The van der Waals surface area contributed by atoms with Crippen LogP contribution < -0.4 is 10.0 Å². The van der Waals surface area contributed by atoms with E-state index in [9.17, 15) is 8.42 Å². The van der Waals surface area contributed by atoms with Crippen molar-refractivity contribution >= 4 is 15.7 Å². The van der Waals surface area contributed by atoms with Crippen molar-refractivity contribution in [2.75, 3.05) is 11.3 Å². The van der Waals surface area contributed by atoms with Gasteiger partial charge in [-0.05, 0) is 48.9 Å². The number of hydrogen-bond acceptors (Lipinski definition) is 3. The van der Waals surface area contributed by atoms with Crippen LogP contribution in [0.15, 0.2) is 53.4 Å². The molecule has 0 spiro atoms. The van der Waals surface area contributed by atoms with Crippen LogP contribution in [0.3, 0.4) is 0 Å². The van der Waals surface area contributed by atoms with E-state index in [0.717, 1.165) is 17.7 Å². The first-order chi connectivity index (χ1) is 10.0. The Morgan fingerprint density at radius 1 is 1.05 bits per heavy atom. The molecule has 2 aromatic rings. The first kappa shape index (κ1) is 15.5. The second-order valence-electron chi connectivity index (χ2n) is 4.90. The second-order valence-corrected chi connectivity index (χ2v) is 6.59. The summed E-state index contributed by atoms with van der Waals surface area (Å²) in [7, 11) is -3.56. The van der Waals surface area contributed by atoms with Crippen LogP contribution in [0.4, 0.5) is 5.69 Å². The standard InChI is InChI=1S/C16H20N2O2S/c1-3-17-12-14-7-5-9-16(11-14)21(19,20)18-15-8-4-6-13(2)10-15/h4-11,17-18H,3,12H2,1-2H3. The molecule has 0 saturated carbocycles. The molecule has 2 rings (SSSR count). The van der Waals surface area contributed by atoms with Crippen LogP contribution in [-0.4, -0.2) is 15.0 Å². The van der Waals surface area contributed by atoms with Gasteiger partial charge in [0.25, 0.3) is 10.0 Å². The van der Waals surface area contributed by atoms with Crippen LogP contribution >= 0.6 is 0 Å². The molecule has 2 N–H and O–H groups in total. The average Bonchev–Trinajstić information content (AvgIpc) is 2.45. The zero-order valence-corrected chi connectivity index (χ0v) is 13.1. The van der Waals surface area contributed by atoms with Crippen LogP contribution in [-0.2, 0) is 16.6 Å². The minimum atomic E-state index is -3.56. The molecule has 0 saturated heterocycles. The van der Waals surface area contributed by atoms with Gasteiger partial charge in [-0.3, -0.25) is 4.72 Å². The van der Waals surface area contributed by atoms with Crippen molar-refractivity contribution in [1.29, 1.82) is 0 Å². The third-order valence-corrected chi connectivity index (χ3v) is 4.44. The lowest BCUT2D eigenvalue weighted by atomic mass is 10.2. The molecule has 0 radical (unpaired) electrons. The zero-order chi connectivity index (χ0) is 15.3. The summed E-state index contributed by atoms with van der Waals surface area (Å²) in [5.74, 6) is 0. The minimum absolute atomic E-state index is 0.277. The van der Waals surface area contributed by atoms with Gasteiger partial charge in [-0.2, -0.15) is 0 Å². The number of hydrogen-bond donors (Lipinski definition) is 2. The number of sulfonamides is 1. The number of rotatable bonds is 6.